The minimum atomic E-state index is 0. The van der Waals surface area contributed by atoms with Gasteiger partial charge in [0.1, 0.15) is 12.4 Å². The van der Waals surface area contributed by atoms with Gasteiger partial charge in [0.2, 0.25) is 0 Å². The molecule has 0 aliphatic heterocycles. The van der Waals surface area contributed by atoms with Crippen molar-refractivity contribution in [2.45, 2.75) is 25.9 Å². The van der Waals surface area contributed by atoms with Gasteiger partial charge in [-0.25, -0.2) is 0 Å². The first-order valence-electron chi connectivity index (χ1n) is 8.24. The normalized spacial score (nSPS) is 16.4. The second kappa shape index (κ2) is 8.75. The molecule has 0 radical (unpaired) electrons. The fourth-order valence-corrected chi connectivity index (χ4v) is 3.54. The molecule has 1 aliphatic carbocycles. The Bertz CT molecular complexity index is 672. The van der Waals surface area contributed by atoms with Crippen LogP contribution in [-0.2, 0) is 19.4 Å². The maximum absolute atomic E-state index is 6.18. The molecule has 1 atom stereocenters. The van der Waals surface area contributed by atoms with Crippen LogP contribution in [0.5, 0.6) is 5.75 Å². The molecule has 2 aromatic carbocycles. The first-order valence-corrected chi connectivity index (χ1v) is 8.62. The van der Waals surface area contributed by atoms with Crippen molar-refractivity contribution in [2.75, 3.05) is 20.6 Å². The zero-order chi connectivity index (χ0) is 16.2. The molecule has 1 aliphatic rings. The maximum atomic E-state index is 6.18. The van der Waals surface area contributed by atoms with E-state index in [1.165, 1.54) is 30.5 Å². The molecule has 0 saturated heterocycles. The Labute approximate surface area is 156 Å². The zero-order valence-corrected chi connectivity index (χ0v) is 15.9. The van der Waals surface area contributed by atoms with E-state index in [9.17, 15) is 0 Å². The van der Waals surface area contributed by atoms with Crippen LogP contribution in [0.15, 0.2) is 42.5 Å². The highest BCUT2D eigenvalue weighted by Gasteiger charge is 2.19. The number of hydrogen-bond donors (Lipinski definition) is 0. The monoisotopic (exact) mass is 365 g/mol. The summed E-state index contributed by atoms with van der Waals surface area (Å²) in [7, 11) is 4.31. The van der Waals surface area contributed by atoms with E-state index in [-0.39, 0.29) is 12.4 Å². The number of benzene rings is 2. The van der Waals surface area contributed by atoms with Crippen molar-refractivity contribution < 1.29 is 4.74 Å². The second-order valence-electron chi connectivity index (χ2n) is 6.68. The molecule has 3 rings (SSSR count). The molecule has 0 heterocycles. The van der Waals surface area contributed by atoms with Crippen molar-refractivity contribution in [1.82, 2.24) is 4.90 Å². The van der Waals surface area contributed by atoms with Crippen molar-refractivity contribution in [3.63, 3.8) is 0 Å². The fraction of sp³-hybridized carbons (Fsp3) is 0.400. The summed E-state index contributed by atoms with van der Waals surface area (Å²) in [6, 6.07) is 14.4. The van der Waals surface area contributed by atoms with Gasteiger partial charge in [0.25, 0.3) is 0 Å². The van der Waals surface area contributed by atoms with Crippen molar-refractivity contribution in [1.29, 1.82) is 0 Å². The largest absolute Gasteiger partial charge is 0.489 e. The topological polar surface area (TPSA) is 12.5 Å². The van der Waals surface area contributed by atoms with Crippen LogP contribution in [0.4, 0.5) is 0 Å². The summed E-state index contributed by atoms with van der Waals surface area (Å²) in [5.41, 5.74) is 3.95. The standard InChI is InChI=1S/C20H24ClNO.ClH/c1-22(2)13-15-7-8-17-12-19(10-9-16(17)11-15)23-14-18-5-3-4-6-20(18)21;/h3-6,9-10,12,15H,7-8,11,13-14H2,1-2H3;1H. The van der Waals surface area contributed by atoms with E-state index < -0.39 is 0 Å². The Morgan fingerprint density at radius 3 is 2.67 bits per heavy atom. The SMILES string of the molecule is CN(C)CC1CCc2cc(OCc3ccccc3Cl)ccc2C1.Cl. The molecule has 24 heavy (non-hydrogen) atoms. The van der Waals surface area contributed by atoms with Crippen LogP contribution in [0.1, 0.15) is 23.1 Å². The second-order valence-corrected chi connectivity index (χ2v) is 7.09. The summed E-state index contributed by atoms with van der Waals surface area (Å²) >= 11 is 6.18. The first kappa shape index (κ1) is 19.1. The zero-order valence-electron chi connectivity index (χ0n) is 14.3. The number of hydrogen-bond acceptors (Lipinski definition) is 2. The van der Waals surface area contributed by atoms with Gasteiger partial charge >= 0.3 is 0 Å². The molecule has 130 valence electrons. The summed E-state index contributed by atoms with van der Waals surface area (Å²) in [5, 5.41) is 0.761. The lowest BCUT2D eigenvalue weighted by molar-refractivity contribution is 0.297. The molecular formula is C20H25Cl2NO. The maximum Gasteiger partial charge on any atom is 0.120 e. The van der Waals surface area contributed by atoms with Gasteiger partial charge in [-0.3, -0.25) is 0 Å². The summed E-state index contributed by atoms with van der Waals surface area (Å²) in [6.45, 7) is 1.69. The average molecular weight is 366 g/mol. The summed E-state index contributed by atoms with van der Waals surface area (Å²) in [4.78, 5) is 2.29. The Morgan fingerprint density at radius 2 is 1.92 bits per heavy atom. The Balaban J connectivity index is 0.00000208. The van der Waals surface area contributed by atoms with Crippen LogP contribution in [0.2, 0.25) is 5.02 Å². The van der Waals surface area contributed by atoms with Gasteiger partial charge in [-0.05, 0) is 68.6 Å². The van der Waals surface area contributed by atoms with Gasteiger partial charge < -0.3 is 9.64 Å². The lowest BCUT2D eigenvalue weighted by Crippen LogP contribution is -2.26. The van der Waals surface area contributed by atoms with E-state index in [4.69, 9.17) is 16.3 Å². The quantitative estimate of drug-likeness (QED) is 0.738. The summed E-state index contributed by atoms with van der Waals surface area (Å²) in [5.74, 6) is 1.71. The van der Waals surface area contributed by atoms with E-state index in [0.29, 0.717) is 6.61 Å². The molecule has 2 nitrogen and oxygen atoms in total. The minimum absolute atomic E-state index is 0. The van der Waals surface area contributed by atoms with Gasteiger partial charge in [-0.2, -0.15) is 0 Å². The molecule has 4 heteroatoms. The number of nitrogens with zero attached hydrogens (tertiary/aromatic N) is 1. The molecule has 0 N–H and O–H groups in total. The van der Waals surface area contributed by atoms with Gasteiger partial charge in [-0.1, -0.05) is 35.9 Å². The predicted molar refractivity (Wildman–Crippen MR) is 104 cm³/mol. The van der Waals surface area contributed by atoms with Crippen LogP contribution >= 0.6 is 24.0 Å². The molecule has 0 bridgehead atoms. The highest BCUT2D eigenvalue weighted by atomic mass is 35.5. The van der Waals surface area contributed by atoms with Crippen molar-refractivity contribution in [2.24, 2.45) is 5.92 Å². The lowest BCUT2D eigenvalue weighted by Gasteiger charge is -2.27. The van der Waals surface area contributed by atoms with Crippen LogP contribution < -0.4 is 4.74 Å². The highest BCUT2D eigenvalue weighted by Crippen LogP contribution is 2.29. The average Bonchev–Trinajstić information content (AvgIpc) is 2.53. The molecule has 0 spiro atoms. The summed E-state index contributed by atoms with van der Waals surface area (Å²) in [6.07, 6.45) is 3.59. The molecule has 0 saturated carbocycles. The van der Waals surface area contributed by atoms with E-state index >= 15 is 0 Å². The Hall–Kier alpha value is -1.22. The van der Waals surface area contributed by atoms with E-state index in [2.05, 4.69) is 37.2 Å². The predicted octanol–water partition coefficient (Wildman–Crippen LogP) is 5.01. The van der Waals surface area contributed by atoms with Crippen LogP contribution in [0, 0.1) is 5.92 Å². The van der Waals surface area contributed by atoms with Gasteiger partial charge in [0.15, 0.2) is 0 Å². The summed E-state index contributed by atoms with van der Waals surface area (Å²) < 4.78 is 5.94. The van der Waals surface area contributed by atoms with Crippen LogP contribution in [-0.4, -0.2) is 25.5 Å². The molecule has 0 amide bonds. The minimum Gasteiger partial charge on any atom is -0.489 e. The first-order chi connectivity index (χ1) is 11.1. The smallest absolute Gasteiger partial charge is 0.120 e. The van der Waals surface area contributed by atoms with Crippen LogP contribution in [0.3, 0.4) is 0 Å². The number of rotatable bonds is 5. The van der Waals surface area contributed by atoms with Gasteiger partial charge in [0.05, 0.1) is 0 Å². The fourth-order valence-electron chi connectivity index (χ4n) is 3.35. The third kappa shape index (κ3) is 4.89. The molecule has 0 fully saturated rings. The number of halogens is 2. The van der Waals surface area contributed by atoms with Crippen molar-refractivity contribution in [3.05, 3.63) is 64.2 Å². The lowest BCUT2D eigenvalue weighted by atomic mass is 9.83. The molecule has 1 unspecified atom stereocenters. The number of fused-ring (bicyclic) bond motifs is 1. The van der Waals surface area contributed by atoms with Crippen LogP contribution in [0.25, 0.3) is 0 Å². The third-order valence-corrected chi connectivity index (χ3v) is 4.85. The van der Waals surface area contributed by atoms with E-state index in [1.54, 1.807) is 0 Å². The number of aryl methyl sites for hydroxylation is 1. The molecule has 0 aromatic heterocycles. The van der Waals surface area contributed by atoms with Gasteiger partial charge in [0, 0.05) is 17.1 Å². The van der Waals surface area contributed by atoms with Crippen molar-refractivity contribution >= 4 is 24.0 Å². The molecular weight excluding hydrogens is 341 g/mol. The van der Waals surface area contributed by atoms with E-state index in [0.717, 1.165) is 28.7 Å². The third-order valence-electron chi connectivity index (χ3n) is 4.48. The molecule has 2 aromatic rings. The van der Waals surface area contributed by atoms with Crippen molar-refractivity contribution in [3.8, 4) is 5.75 Å². The van der Waals surface area contributed by atoms with Gasteiger partial charge in [-0.15, -0.1) is 12.4 Å². The highest BCUT2D eigenvalue weighted by molar-refractivity contribution is 6.31. The van der Waals surface area contributed by atoms with E-state index in [1.807, 2.05) is 24.3 Å². The Kier molecular flexibility index (Phi) is 6.97. The Morgan fingerprint density at radius 1 is 1.12 bits per heavy atom. The number of ether oxygens (including phenoxy) is 1.